The first kappa shape index (κ1) is 26.1. The molecule has 1 heterocycles. The van der Waals surface area contributed by atoms with Crippen molar-refractivity contribution in [3.63, 3.8) is 0 Å². The number of amides is 1. The summed E-state index contributed by atoms with van der Waals surface area (Å²) in [6, 6.07) is 8.77. The molecule has 176 valence electrons. The van der Waals surface area contributed by atoms with Crippen molar-refractivity contribution in [1.82, 2.24) is 10.2 Å². The summed E-state index contributed by atoms with van der Waals surface area (Å²) >= 11 is 0. The van der Waals surface area contributed by atoms with Gasteiger partial charge in [0.05, 0.1) is 0 Å². The van der Waals surface area contributed by atoms with Gasteiger partial charge in [-0.25, -0.2) is 0 Å². The lowest BCUT2D eigenvalue weighted by Gasteiger charge is -2.30. The molecule has 1 aliphatic heterocycles. The van der Waals surface area contributed by atoms with E-state index in [4.69, 9.17) is 0 Å². The topological polar surface area (TPSA) is 32.3 Å². The van der Waals surface area contributed by atoms with Gasteiger partial charge in [-0.05, 0) is 93.3 Å². The van der Waals surface area contributed by atoms with E-state index in [1.807, 2.05) is 12.2 Å². The second kappa shape index (κ2) is 13.4. The Morgan fingerprint density at radius 3 is 2.38 bits per heavy atom. The van der Waals surface area contributed by atoms with E-state index in [2.05, 4.69) is 82.1 Å². The molecule has 1 unspecified atom stereocenters. The predicted octanol–water partition coefficient (Wildman–Crippen LogP) is 6.73. The normalized spacial score (nSPS) is 18.0. The molecule has 1 amide bonds. The first-order valence-corrected chi connectivity index (χ1v) is 12.5. The van der Waals surface area contributed by atoms with Crippen LogP contribution in [0, 0.1) is 5.92 Å². The van der Waals surface area contributed by atoms with Gasteiger partial charge in [-0.2, -0.15) is 0 Å². The SMILES string of the molecule is CC\C(C)=C/C=C(\C=C(/C)c1ccc(C(C)CC)cc1)C(=O)NCCN1CCC(C)CC1. The average Bonchev–Trinajstić information content (AvgIpc) is 2.82. The number of carbonyl (C=O) groups excluding carboxylic acids is 1. The molecule has 0 spiro atoms. The molecule has 1 aliphatic rings. The number of carbonyl (C=O) groups is 1. The van der Waals surface area contributed by atoms with Crippen LogP contribution in [-0.4, -0.2) is 37.0 Å². The number of piperidine rings is 1. The molecule has 0 saturated carbocycles. The van der Waals surface area contributed by atoms with Crippen LogP contribution >= 0.6 is 0 Å². The van der Waals surface area contributed by atoms with Gasteiger partial charge >= 0.3 is 0 Å². The van der Waals surface area contributed by atoms with Crippen molar-refractivity contribution in [2.45, 2.75) is 73.1 Å². The minimum atomic E-state index is 0.00565. The third kappa shape index (κ3) is 8.43. The second-order valence-corrected chi connectivity index (χ2v) is 9.53. The van der Waals surface area contributed by atoms with E-state index >= 15 is 0 Å². The molecule has 1 aromatic rings. The minimum Gasteiger partial charge on any atom is -0.351 e. The van der Waals surface area contributed by atoms with E-state index in [0.29, 0.717) is 18.0 Å². The van der Waals surface area contributed by atoms with E-state index in [0.717, 1.165) is 49.5 Å². The second-order valence-electron chi connectivity index (χ2n) is 9.53. The highest BCUT2D eigenvalue weighted by molar-refractivity contribution is 5.98. The number of hydrogen-bond acceptors (Lipinski definition) is 2. The maximum Gasteiger partial charge on any atom is 0.251 e. The van der Waals surface area contributed by atoms with Crippen molar-refractivity contribution in [1.29, 1.82) is 0 Å². The number of nitrogens with one attached hydrogen (secondary N) is 1. The molecular weight excluding hydrogens is 392 g/mol. The van der Waals surface area contributed by atoms with Crippen LogP contribution in [-0.2, 0) is 4.79 Å². The van der Waals surface area contributed by atoms with Crippen molar-refractivity contribution in [3.05, 3.63) is 64.8 Å². The predicted molar refractivity (Wildman–Crippen MR) is 139 cm³/mol. The molecule has 0 radical (unpaired) electrons. The van der Waals surface area contributed by atoms with Gasteiger partial charge in [0, 0.05) is 18.7 Å². The van der Waals surface area contributed by atoms with Crippen LogP contribution in [0.5, 0.6) is 0 Å². The molecule has 0 aliphatic carbocycles. The highest BCUT2D eigenvalue weighted by atomic mass is 16.1. The minimum absolute atomic E-state index is 0.00565. The largest absolute Gasteiger partial charge is 0.351 e. The summed E-state index contributed by atoms with van der Waals surface area (Å²) in [7, 11) is 0. The Hall–Kier alpha value is -2.13. The smallest absolute Gasteiger partial charge is 0.251 e. The first-order chi connectivity index (χ1) is 15.3. The maximum atomic E-state index is 13.0. The number of benzene rings is 1. The summed E-state index contributed by atoms with van der Waals surface area (Å²) in [5.41, 5.74) is 5.62. The van der Waals surface area contributed by atoms with E-state index in [1.165, 1.54) is 24.0 Å². The fourth-order valence-electron chi connectivity index (χ4n) is 3.88. The summed E-state index contributed by atoms with van der Waals surface area (Å²) in [6.07, 6.45) is 10.7. The Balaban J connectivity index is 2.09. The van der Waals surface area contributed by atoms with Crippen LogP contribution in [0.15, 0.2) is 53.6 Å². The Bertz CT molecular complexity index is 808. The molecule has 1 fully saturated rings. The number of nitrogens with zero attached hydrogens (tertiary/aromatic N) is 1. The fraction of sp³-hybridized carbons (Fsp3) is 0.552. The Kier molecular flexibility index (Phi) is 11.0. The molecule has 1 N–H and O–H groups in total. The number of allylic oxidation sites excluding steroid dienone is 4. The zero-order chi connectivity index (χ0) is 23.5. The van der Waals surface area contributed by atoms with Crippen molar-refractivity contribution in [3.8, 4) is 0 Å². The van der Waals surface area contributed by atoms with Gasteiger partial charge in [-0.3, -0.25) is 4.79 Å². The van der Waals surface area contributed by atoms with E-state index < -0.39 is 0 Å². The van der Waals surface area contributed by atoms with Crippen molar-refractivity contribution in [2.24, 2.45) is 5.92 Å². The zero-order valence-corrected chi connectivity index (χ0v) is 21.2. The molecule has 3 nitrogen and oxygen atoms in total. The summed E-state index contributed by atoms with van der Waals surface area (Å²) in [4.78, 5) is 15.5. The Labute approximate surface area is 196 Å². The number of rotatable bonds is 10. The van der Waals surface area contributed by atoms with E-state index in [1.54, 1.807) is 0 Å². The van der Waals surface area contributed by atoms with Crippen LogP contribution in [0.2, 0.25) is 0 Å². The summed E-state index contributed by atoms with van der Waals surface area (Å²) < 4.78 is 0. The quantitative estimate of drug-likeness (QED) is 0.325. The Morgan fingerprint density at radius 1 is 1.12 bits per heavy atom. The van der Waals surface area contributed by atoms with Gasteiger partial charge in [0.1, 0.15) is 0 Å². The molecule has 0 bridgehead atoms. The lowest BCUT2D eigenvalue weighted by atomic mass is 9.95. The van der Waals surface area contributed by atoms with Gasteiger partial charge in [-0.1, -0.05) is 63.6 Å². The van der Waals surface area contributed by atoms with Crippen molar-refractivity contribution >= 4 is 11.5 Å². The molecular formula is C29H44N2O. The number of likely N-dealkylation sites (tertiary alicyclic amines) is 1. The monoisotopic (exact) mass is 436 g/mol. The van der Waals surface area contributed by atoms with Gasteiger partial charge < -0.3 is 10.2 Å². The lowest BCUT2D eigenvalue weighted by Crippen LogP contribution is -2.39. The van der Waals surface area contributed by atoms with Gasteiger partial charge in [-0.15, -0.1) is 0 Å². The fourth-order valence-corrected chi connectivity index (χ4v) is 3.88. The van der Waals surface area contributed by atoms with Crippen LogP contribution in [0.25, 0.3) is 5.57 Å². The third-order valence-corrected chi connectivity index (χ3v) is 6.88. The highest BCUT2D eigenvalue weighted by Crippen LogP contribution is 2.23. The maximum absolute atomic E-state index is 13.0. The Morgan fingerprint density at radius 2 is 1.78 bits per heavy atom. The van der Waals surface area contributed by atoms with Gasteiger partial charge in [0.25, 0.3) is 5.91 Å². The first-order valence-electron chi connectivity index (χ1n) is 12.5. The summed E-state index contributed by atoms with van der Waals surface area (Å²) in [6.45, 7) is 17.0. The van der Waals surface area contributed by atoms with Crippen LogP contribution in [0.1, 0.15) is 84.3 Å². The summed E-state index contributed by atoms with van der Waals surface area (Å²) in [5, 5.41) is 3.15. The summed E-state index contributed by atoms with van der Waals surface area (Å²) in [5.74, 6) is 1.40. The van der Waals surface area contributed by atoms with Crippen LogP contribution in [0.3, 0.4) is 0 Å². The molecule has 1 aromatic carbocycles. The molecule has 3 heteroatoms. The van der Waals surface area contributed by atoms with Crippen molar-refractivity contribution < 1.29 is 4.79 Å². The molecule has 32 heavy (non-hydrogen) atoms. The average molecular weight is 437 g/mol. The molecule has 2 rings (SSSR count). The van der Waals surface area contributed by atoms with E-state index in [9.17, 15) is 4.79 Å². The number of hydrogen-bond donors (Lipinski definition) is 1. The zero-order valence-electron chi connectivity index (χ0n) is 21.2. The lowest BCUT2D eigenvalue weighted by molar-refractivity contribution is -0.117. The molecule has 1 atom stereocenters. The van der Waals surface area contributed by atoms with Crippen LogP contribution < -0.4 is 5.32 Å². The van der Waals surface area contributed by atoms with E-state index in [-0.39, 0.29) is 5.91 Å². The molecule has 1 saturated heterocycles. The van der Waals surface area contributed by atoms with Crippen LogP contribution in [0.4, 0.5) is 0 Å². The standard InChI is InChI=1S/C29H44N2O/c1-7-22(3)9-10-28(29(32)30-17-20-31-18-15-23(4)16-19-31)21-25(6)27-13-11-26(12-14-27)24(5)8-2/h9-14,21,23-24H,7-8,15-20H2,1-6H3,(H,30,32)/b22-9-,25-21+,28-10+. The third-order valence-electron chi connectivity index (χ3n) is 6.88. The van der Waals surface area contributed by atoms with Gasteiger partial charge in [0.15, 0.2) is 0 Å². The van der Waals surface area contributed by atoms with Gasteiger partial charge in [0.2, 0.25) is 0 Å². The van der Waals surface area contributed by atoms with Crippen molar-refractivity contribution in [2.75, 3.05) is 26.2 Å². The highest BCUT2D eigenvalue weighted by Gasteiger charge is 2.15. The molecule has 0 aromatic heterocycles.